The van der Waals surface area contributed by atoms with Gasteiger partial charge < -0.3 is 15.3 Å². The molecule has 5 rings (SSSR count). The van der Waals surface area contributed by atoms with Crippen LogP contribution >= 0.6 is 11.3 Å². The van der Waals surface area contributed by atoms with Crippen LogP contribution < -0.4 is 10.2 Å². The third-order valence-corrected chi connectivity index (χ3v) is 7.05. The lowest BCUT2D eigenvalue weighted by molar-refractivity contribution is 0.0691. The van der Waals surface area contributed by atoms with Gasteiger partial charge in [0.15, 0.2) is 22.5 Å². The first-order valence-electron chi connectivity index (χ1n) is 12.3. The van der Waals surface area contributed by atoms with Gasteiger partial charge in [0.2, 0.25) is 0 Å². The van der Waals surface area contributed by atoms with Crippen LogP contribution in [-0.2, 0) is 6.54 Å². The number of hydrogen-bond acceptors (Lipinski definition) is 10. The van der Waals surface area contributed by atoms with Gasteiger partial charge in [-0.15, -0.1) is 10.2 Å². The summed E-state index contributed by atoms with van der Waals surface area (Å²) in [6, 6.07) is 9.16. The van der Waals surface area contributed by atoms with Gasteiger partial charge in [0, 0.05) is 36.6 Å². The minimum atomic E-state index is -1.12. The number of nitrogens with zero attached hydrogens (tertiary/aromatic N) is 8. The van der Waals surface area contributed by atoms with E-state index in [1.165, 1.54) is 11.3 Å². The molecule has 0 spiro atoms. The summed E-state index contributed by atoms with van der Waals surface area (Å²) in [7, 11) is 1.77. The van der Waals surface area contributed by atoms with Gasteiger partial charge >= 0.3 is 5.97 Å². The Morgan fingerprint density at radius 1 is 1.10 bits per heavy atom. The van der Waals surface area contributed by atoms with Gasteiger partial charge in [0.25, 0.3) is 0 Å². The van der Waals surface area contributed by atoms with Gasteiger partial charge in [-0.25, -0.2) is 19.7 Å². The molecule has 0 aliphatic rings. The van der Waals surface area contributed by atoms with Gasteiger partial charge in [-0.2, -0.15) is 5.10 Å². The Labute approximate surface area is 229 Å². The minimum absolute atomic E-state index is 0.0321. The van der Waals surface area contributed by atoms with Gasteiger partial charge in [-0.3, -0.25) is 4.68 Å². The number of carbonyl (C=O) groups is 1. The summed E-state index contributed by atoms with van der Waals surface area (Å²) in [5, 5.41) is 27.1. The van der Waals surface area contributed by atoms with Crippen LogP contribution in [0.1, 0.15) is 42.5 Å². The molecule has 0 aliphatic carbocycles. The number of carboxylic acid groups (broad SMARTS) is 1. The summed E-state index contributed by atoms with van der Waals surface area (Å²) < 4.78 is 1.90. The predicted molar refractivity (Wildman–Crippen MR) is 152 cm³/mol. The summed E-state index contributed by atoms with van der Waals surface area (Å²) in [5.74, 6) is 0.413. The molecule has 0 fully saturated rings. The molecule has 39 heavy (non-hydrogen) atoms. The van der Waals surface area contributed by atoms with Crippen molar-refractivity contribution in [2.45, 2.75) is 41.2 Å². The monoisotopic (exact) mass is 543 g/mol. The van der Waals surface area contributed by atoms with E-state index in [-0.39, 0.29) is 11.1 Å². The lowest BCUT2D eigenvalue weighted by Crippen LogP contribution is -2.17. The van der Waals surface area contributed by atoms with Crippen molar-refractivity contribution in [3.8, 4) is 11.1 Å². The molecule has 5 aromatic heterocycles. The van der Waals surface area contributed by atoms with E-state index in [9.17, 15) is 9.90 Å². The van der Waals surface area contributed by atoms with Crippen molar-refractivity contribution in [1.82, 2.24) is 34.9 Å². The maximum absolute atomic E-state index is 12.2. The largest absolute Gasteiger partial charge is 0.476 e. The van der Waals surface area contributed by atoms with Gasteiger partial charge in [-0.1, -0.05) is 32.1 Å². The van der Waals surface area contributed by atoms with Crippen LogP contribution in [0.3, 0.4) is 0 Å². The van der Waals surface area contributed by atoms with Crippen molar-refractivity contribution in [3.05, 3.63) is 59.7 Å². The zero-order chi connectivity index (χ0) is 27.9. The zero-order valence-electron chi connectivity index (χ0n) is 22.6. The Morgan fingerprint density at radius 3 is 2.59 bits per heavy atom. The molecule has 0 amide bonds. The van der Waals surface area contributed by atoms with E-state index in [1.54, 1.807) is 36.5 Å². The molecule has 0 aromatic carbocycles. The SMILES string of the molecule is Cc1cc(N(C)c2ccc(-c3cnn(CC(C)(C)C)c3C)c(C(=O)O)n2)nnc1Nc1nc2cccnc2s1. The fourth-order valence-electron chi connectivity index (χ4n) is 4.14. The molecule has 0 saturated carbocycles. The predicted octanol–water partition coefficient (Wildman–Crippen LogP) is 5.61. The Morgan fingerprint density at radius 2 is 1.90 bits per heavy atom. The van der Waals surface area contributed by atoms with E-state index in [4.69, 9.17) is 0 Å². The zero-order valence-corrected chi connectivity index (χ0v) is 23.4. The van der Waals surface area contributed by atoms with E-state index in [0.717, 1.165) is 27.2 Å². The lowest BCUT2D eigenvalue weighted by atomic mass is 9.97. The van der Waals surface area contributed by atoms with Gasteiger partial charge in [-0.05, 0) is 55.2 Å². The maximum atomic E-state index is 12.2. The van der Waals surface area contributed by atoms with Gasteiger partial charge in [0.1, 0.15) is 16.2 Å². The molecule has 11 nitrogen and oxygen atoms in total. The molecule has 2 N–H and O–H groups in total. The number of rotatable bonds is 7. The van der Waals surface area contributed by atoms with Crippen molar-refractivity contribution in [1.29, 1.82) is 0 Å². The lowest BCUT2D eigenvalue weighted by Gasteiger charge is -2.20. The average molecular weight is 544 g/mol. The second-order valence-electron chi connectivity index (χ2n) is 10.5. The third-order valence-electron chi connectivity index (χ3n) is 6.15. The normalized spacial score (nSPS) is 11.6. The molecule has 0 unspecified atom stereocenters. The Hall–Kier alpha value is -4.45. The van der Waals surface area contributed by atoms with Crippen LogP contribution in [0.2, 0.25) is 0 Å². The van der Waals surface area contributed by atoms with E-state index in [0.29, 0.717) is 34.7 Å². The highest BCUT2D eigenvalue weighted by Crippen LogP contribution is 2.32. The fourth-order valence-corrected chi connectivity index (χ4v) is 4.94. The average Bonchev–Trinajstić information content (AvgIpc) is 3.46. The fraction of sp³-hybridized carbons (Fsp3) is 0.296. The van der Waals surface area contributed by atoms with Crippen LogP contribution in [0.25, 0.3) is 21.5 Å². The molecule has 0 radical (unpaired) electrons. The topological polar surface area (TPSA) is 135 Å². The van der Waals surface area contributed by atoms with Crippen molar-refractivity contribution in [2.24, 2.45) is 5.41 Å². The first-order valence-corrected chi connectivity index (χ1v) is 13.2. The molecule has 5 aromatic rings. The van der Waals surface area contributed by atoms with E-state index in [2.05, 4.69) is 56.3 Å². The molecule has 0 saturated heterocycles. The van der Waals surface area contributed by atoms with E-state index < -0.39 is 5.97 Å². The van der Waals surface area contributed by atoms with E-state index in [1.807, 2.05) is 36.7 Å². The number of nitrogens with one attached hydrogen (secondary N) is 1. The number of aromatic carboxylic acids is 1. The number of pyridine rings is 2. The Bertz CT molecular complexity index is 1650. The molecule has 0 bridgehead atoms. The van der Waals surface area contributed by atoms with Crippen molar-refractivity contribution in [2.75, 3.05) is 17.3 Å². The second kappa shape index (κ2) is 10.0. The number of anilines is 4. The first kappa shape index (κ1) is 26.2. The summed E-state index contributed by atoms with van der Waals surface area (Å²) in [6.45, 7) is 11.0. The van der Waals surface area contributed by atoms with Crippen LogP contribution in [0.4, 0.5) is 22.6 Å². The van der Waals surface area contributed by atoms with Gasteiger partial charge in [0.05, 0.1) is 6.20 Å². The number of fused-ring (bicyclic) bond motifs is 1. The number of carboxylic acids is 1. The molecule has 0 aliphatic heterocycles. The Kier molecular flexibility index (Phi) is 6.73. The molecular weight excluding hydrogens is 514 g/mol. The number of thiazole rings is 1. The molecule has 12 heteroatoms. The summed E-state index contributed by atoms with van der Waals surface area (Å²) >= 11 is 1.43. The van der Waals surface area contributed by atoms with Crippen LogP contribution in [0, 0.1) is 19.3 Å². The van der Waals surface area contributed by atoms with Crippen molar-refractivity contribution >= 4 is 50.2 Å². The molecule has 5 heterocycles. The summed E-state index contributed by atoms with van der Waals surface area (Å²) in [5.41, 5.74) is 3.79. The maximum Gasteiger partial charge on any atom is 0.355 e. The molecular formula is C27H29N9O2S. The van der Waals surface area contributed by atoms with Crippen LogP contribution in [0.5, 0.6) is 0 Å². The molecule has 200 valence electrons. The van der Waals surface area contributed by atoms with Crippen LogP contribution in [-0.4, -0.2) is 53.1 Å². The first-order chi connectivity index (χ1) is 18.5. The standard InChI is InChI=1S/C27H29N9O2S/c1-15-12-21(33-34-23(15)32-26-30-19-8-7-11-28-24(19)39-26)35(6)20-10-9-17(22(31-20)25(37)38)18-13-29-36(16(18)2)14-27(3,4)5/h7-13H,14H2,1-6H3,(H,37,38)(H,30,32,34). The highest BCUT2D eigenvalue weighted by molar-refractivity contribution is 7.21. The van der Waals surface area contributed by atoms with Crippen LogP contribution in [0.15, 0.2) is 42.7 Å². The Balaban J connectivity index is 1.41. The second-order valence-corrected chi connectivity index (χ2v) is 11.5. The number of aromatic nitrogens is 7. The summed E-state index contributed by atoms with van der Waals surface area (Å²) in [6.07, 6.45) is 3.44. The number of aryl methyl sites for hydroxylation is 1. The van der Waals surface area contributed by atoms with Crippen molar-refractivity contribution < 1.29 is 9.90 Å². The highest BCUT2D eigenvalue weighted by Gasteiger charge is 2.22. The van der Waals surface area contributed by atoms with Crippen molar-refractivity contribution in [3.63, 3.8) is 0 Å². The third kappa shape index (κ3) is 5.41. The smallest absolute Gasteiger partial charge is 0.355 e. The quantitative estimate of drug-likeness (QED) is 0.266. The minimum Gasteiger partial charge on any atom is -0.476 e. The number of hydrogen-bond donors (Lipinski definition) is 2. The highest BCUT2D eigenvalue weighted by atomic mass is 32.1. The summed E-state index contributed by atoms with van der Waals surface area (Å²) in [4.78, 5) is 28.1. The molecule has 0 atom stereocenters. The van der Waals surface area contributed by atoms with E-state index >= 15 is 0 Å².